The van der Waals surface area contributed by atoms with E-state index in [0.29, 0.717) is 29.3 Å². The van der Waals surface area contributed by atoms with Crippen molar-refractivity contribution in [2.75, 3.05) is 0 Å². The van der Waals surface area contributed by atoms with Crippen LogP contribution in [0.3, 0.4) is 0 Å². The van der Waals surface area contributed by atoms with E-state index in [2.05, 4.69) is 37.2 Å². The smallest absolute Gasteiger partial charge is 0.320 e. The number of furan rings is 1. The van der Waals surface area contributed by atoms with Crippen LogP contribution in [0.1, 0.15) is 26.0 Å². The highest BCUT2D eigenvalue weighted by atomic mass is 79.9. The molecule has 0 aliphatic rings. The van der Waals surface area contributed by atoms with Gasteiger partial charge in [0.2, 0.25) is 0 Å². The lowest BCUT2D eigenvalue weighted by molar-refractivity contribution is -0.140. The molecule has 1 atom stereocenters. The number of hydrogen-bond acceptors (Lipinski definition) is 3. The number of nitrogens with one attached hydrogen (secondary N) is 1. The Balaban J connectivity index is 2.54. The van der Waals surface area contributed by atoms with E-state index in [-0.39, 0.29) is 0 Å². The van der Waals surface area contributed by atoms with Crippen molar-refractivity contribution < 1.29 is 14.3 Å². The lowest BCUT2D eigenvalue weighted by Gasteiger charge is -2.15. The van der Waals surface area contributed by atoms with E-state index >= 15 is 0 Å². The summed E-state index contributed by atoms with van der Waals surface area (Å²) in [4.78, 5) is 11.0. The summed E-state index contributed by atoms with van der Waals surface area (Å²) < 4.78 is 6.80. The SMILES string of the molecule is CC(C)CC(NCc1cc(Br)c(Br)o1)C(=O)O. The van der Waals surface area contributed by atoms with Crippen LogP contribution in [0.25, 0.3) is 0 Å². The fourth-order valence-corrected chi connectivity index (χ4v) is 2.10. The number of carboxylic acid groups (broad SMARTS) is 1. The Morgan fingerprint density at radius 3 is 2.59 bits per heavy atom. The molecule has 0 saturated heterocycles. The predicted octanol–water partition coefficient (Wildman–Crippen LogP) is 3.39. The zero-order valence-corrected chi connectivity index (χ0v) is 12.8. The van der Waals surface area contributed by atoms with Gasteiger partial charge in [-0.15, -0.1) is 0 Å². The molecule has 0 aromatic carbocycles. The second-order valence-electron chi connectivity index (χ2n) is 4.24. The van der Waals surface area contributed by atoms with Gasteiger partial charge in [-0.25, -0.2) is 0 Å². The normalized spacial score (nSPS) is 13.0. The van der Waals surface area contributed by atoms with E-state index in [0.717, 1.165) is 4.47 Å². The van der Waals surface area contributed by atoms with Crippen LogP contribution < -0.4 is 5.32 Å². The zero-order chi connectivity index (χ0) is 13.0. The van der Waals surface area contributed by atoms with Gasteiger partial charge in [-0.05, 0) is 50.3 Å². The zero-order valence-electron chi connectivity index (χ0n) is 9.67. The van der Waals surface area contributed by atoms with Crippen molar-refractivity contribution in [1.29, 1.82) is 0 Å². The minimum atomic E-state index is -0.830. The molecule has 4 nitrogen and oxygen atoms in total. The standard InChI is InChI=1S/C11H15Br2NO3/c1-6(2)3-9(11(15)16)14-5-7-4-8(12)10(13)17-7/h4,6,9,14H,3,5H2,1-2H3,(H,15,16). The summed E-state index contributed by atoms with van der Waals surface area (Å²) in [5.74, 6) is 0.195. The van der Waals surface area contributed by atoms with Crippen molar-refractivity contribution in [1.82, 2.24) is 5.32 Å². The lowest BCUT2D eigenvalue weighted by Crippen LogP contribution is -2.37. The Morgan fingerprint density at radius 2 is 2.18 bits per heavy atom. The molecule has 2 N–H and O–H groups in total. The molecule has 6 heteroatoms. The van der Waals surface area contributed by atoms with Gasteiger partial charge in [0.1, 0.15) is 11.8 Å². The van der Waals surface area contributed by atoms with Crippen LogP contribution in [0.4, 0.5) is 0 Å². The molecule has 17 heavy (non-hydrogen) atoms. The molecule has 0 spiro atoms. The molecule has 0 fully saturated rings. The van der Waals surface area contributed by atoms with Gasteiger partial charge in [-0.3, -0.25) is 10.1 Å². The number of aliphatic carboxylic acids is 1. The number of carboxylic acids is 1. The van der Waals surface area contributed by atoms with E-state index in [1.165, 1.54) is 0 Å². The molecule has 1 aromatic heterocycles. The molecule has 96 valence electrons. The van der Waals surface area contributed by atoms with Crippen molar-refractivity contribution >= 4 is 37.8 Å². The number of rotatable bonds is 6. The van der Waals surface area contributed by atoms with Gasteiger partial charge in [0, 0.05) is 0 Å². The van der Waals surface area contributed by atoms with Crippen LogP contribution in [-0.4, -0.2) is 17.1 Å². The van der Waals surface area contributed by atoms with Gasteiger partial charge < -0.3 is 9.52 Å². The largest absolute Gasteiger partial charge is 0.480 e. The minimum Gasteiger partial charge on any atom is -0.480 e. The number of carbonyl (C=O) groups is 1. The Hall–Kier alpha value is -0.330. The fourth-order valence-electron chi connectivity index (χ4n) is 1.45. The second-order valence-corrected chi connectivity index (χ2v) is 5.81. The van der Waals surface area contributed by atoms with E-state index < -0.39 is 12.0 Å². The van der Waals surface area contributed by atoms with Gasteiger partial charge in [-0.1, -0.05) is 13.8 Å². The van der Waals surface area contributed by atoms with Crippen LogP contribution in [0.5, 0.6) is 0 Å². The van der Waals surface area contributed by atoms with E-state index in [1.54, 1.807) is 0 Å². The van der Waals surface area contributed by atoms with Crippen molar-refractivity contribution in [2.45, 2.75) is 32.9 Å². The molecule has 1 unspecified atom stereocenters. The first kappa shape index (κ1) is 14.7. The molecular weight excluding hydrogens is 354 g/mol. The fraction of sp³-hybridized carbons (Fsp3) is 0.545. The monoisotopic (exact) mass is 367 g/mol. The molecule has 1 aromatic rings. The summed E-state index contributed by atoms with van der Waals surface area (Å²) in [7, 11) is 0. The van der Waals surface area contributed by atoms with Crippen molar-refractivity contribution in [3.05, 3.63) is 21.0 Å². The van der Waals surface area contributed by atoms with E-state index in [4.69, 9.17) is 9.52 Å². The maximum Gasteiger partial charge on any atom is 0.320 e. The first-order valence-corrected chi connectivity index (χ1v) is 6.88. The van der Waals surface area contributed by atoms with Crippen molar-refractivity contribution in [3.63, 3.8) is 0 Å². The first-order valence-electron chi connectivity index (χ1n) is 5.30. The summed E-state index contributed by atoms with van der Waals surface area (Å²) in [6, 6.07) is 1.27. The van der Waals surface area contributed by atoms with Gasteiger partial charge in [0.05, 0.1) is 11.0 Å². The Labute approximate surface area is 117 Å². The summed E-state index contributed by atoms with van der Waals surface area (Å²) in [5, 5.41) is 12.0. The average molecular weight is 369 g/mol. The first-order chi connectivity index (χ1) is 7.90. The van der Waals surface area contributed by atoms with Crippen LogP contribution in [0, 0.1) is 5.92 Å². The number of halogens is 2. The van der Waals surface area contributed by atoms with Crippen LogP contribution in [-0.2, 0) is 11.3 Å². The lowest BCUT2D eigenvalue weighted by atomic mass is 10.0. The predicted molar refractivity (Wildman–Crippen MR) is 71.8 cm³/mol. The summed E-state index contributed by atoms with van der Waals surface area (Å²) in [6.45, 7) is 4.39. The summed E-state index contributed by atoms with van der Waals surface area (Å²) in [6.07, 6.45) is 0.596. The van der Waals surface area contributed by atoms with E-state index in [1.807, 2.05) is 19.9 Å². The molecule has 0 bridgehead atoms. The topological polar surface area (TPSA) is 62.5 Å². The molecule has 1 heterocycles. The van der Waals surface area contributed by atoms with Gasteiger partial charge in [-0.2, -0.15) is 0 Å². The van der Waals surface area contributed by atoms with Crippen LogP contribution in [0.2, 0.25) is 0 Å². The Morgan fingerprint density at radius 1 is 1.53 bits per heavy atom. The third-order valence-electron chi connectivity index (χ3n) is 2.22. The molecule has 0 radical (unpaired) electrons. The Bertz CT molecular complexity index is 371. The minimum absolute atomic E-state index is 0.332. The highest BCUT2D eigenvalue weighted by Crippen LogP contribution is 2.26. The summed E-state index contributed by atoms with van der Waals surface area (Å²) >= 11 is 6.54. The van der Waals surface area contributed by atoms with Crippen molar-refractivity contribution in [3.8, 4) is 0 Å². The maximum atomic E-state index is 11.0. The molecule has 0 aliphatic carbocycles. The van der Waals surface area contributed by atoms with Gasteiger partial charge in [0.25, 0.3) is 0 Å². The molecule has 0 saturated carbocycles. The van der Waals surface area contributed by atoms with Gasteiger partial charge >= 0.3 is 5.97 Å². The molecular formula is C11H15Br2NO3. The second kappa shape index (κ2) is 6.56. The highest BCUT2D eigenvalue weighted by Gasteiger charge is 2.18. The molecule has 0 amide bonds. The quantitative estimate of drug-likeness (QED) is 0.807. The molecule has 1 rings (SSSR count). The van der Waals surface area contributed by atoms with E-state index in [9.17, 15) is 4.79 Å². The third kappa shape index (κ3) is 4.81. The maximum absolute atomic E-state index is 11.0. The van der Waals surface area contributed by atoms with Crippen LogP contribution >= 0.6 is 31.9 Å². The average Bonchev–Trinajstić information content (AvgIpc) is 2.52. The Kier molecular flexibility index (Phi) is 5.69. The number of hydrogen-bond donors (Lipinski definition) is 2. The third-order valence-corrected chi connectivity index (χ3v) is 3.93. The molecule has 0 aliphatic heterocycles. The van der Waals surface area contributed by atoms with Crippen molar-refractivity contribution in [2.24, 2.45) is 5.92 Å². The van der Waals surface area contributed by atoms with Gasteiger partial charge in [0.15, 0.2) is 4.67 Å². The highest BCUT2D eigenvalue weighted by molar-refractivity contribution is 9.13. The van der Waals surface area contributed by atoms with Crippen LogP contribution in [0.15, 0.2) is 19.6 Å². The summed E-state index contributed by atoms with van der Waals surface area (Å²) in [5.41, 5.74) is 0.